The number of hydrogen-bond acceptors (Lipinski definition) is 4. The predicted molar refractivity (Wildman–Crippen MR) is 101 cm³/mol. The number of nitrogens with zero attached hydrogens (tertiary/aromatic N) is 1. The molecule has 1 aromatic rings. The van der Waals surface area contributed by atoms with Crippen molar-refractivity contribution in [3.8, 4) is 0 Å². The molecule has 0 radical (unpaired) electrons. The minimum atomic E-state index is -3.42. The Morgan fingerprint density at radius 3 is 2.62 bits per heavy atom. The predicted octanol–water partition coefficient (Wildman–Crippen LogP) is 2.33. The summed E-state index contributed by atoms with van der Waals surface area (Å²) < 4.78 is 32.1. The number of methoxy groups -OCH3 is 1. The van der Waals surface area contributed by atoms with Crippen LogP contribution in [0.5, 0.6) is 0 Å². The molecule has 0 unspecified atom stereocenters. The monoisotopic (exact) mass is 382 g/mol. The standard InChI is InChI=1S/C19H30N2O4S/c1-16-6-3-4-7-18(16)26(23,24)21-13-10-17(11-14-21)8-9-19(22)20-12-5-15-25-2/h3-4,6-7,17H,5,8-15H2,1-2H3,(H,20,22). The van der Waals surface area contributed by atoms with Crippen molar-refractivity contribution in [2.24, 2.45) is 5.92 Å². The average Bonchev–Trinajstić information content (AvgIpc) is 2.64. The number of hydrogen-bond donors (Lipinski definition) is 1. The van der Waals surface area contributed by atoms with Crippen LogP contribution in [-0.4, -0.2) is 52.0 Å². The van der Waals surface area contributed by atoms with Gasteiger partial charge in [0.1, 0.15) is 0 Å². The van der Waals surface area contributed by atoms with Crippen molar-refractivity contribution in [2.75, 3.05) is 33.4 Å². The summed E-state index contributed by atoms with van der Waals surface area (Å²) in [5, 5.41) is 2.89. The minimum absolute atomic E-state index is 0.0658. The normalized spacial score (nSPS) is 16.5. The molecule has 1 aliphatic heterocycles. The Morgan fingerprint density at radius 2 is 1.96 bits per heavy atom. The number of amides is 1. The van der Waals surface area contributed by atoms with Crippen molar-refractivity contribution in [1.82, 2.24) is 9.62 Å². The van der Waals surface area contributed by atoms with Gasteiger partial charge >= 0.3 is 0 Å². The van der Waals surface area contributed by atoms with E-state index < -0.39 is 10.0 Å². The van der Waals surface area contributed by atoms with Crippen LogP contribution < -0.4 is 5.32 Å². The zero-order valence-electron chi connectivity index (χ0n) is 15.7. The first-order valence-electron chi connectivity index (χ1n) is 9.26. The third-order valence-electron chi connectivity index (χ3n) is 4.91. The summed E-state index contributed by atoms with van der Waals surface area (Å²) in [6.07, 6.45) is 3.75. The second-order valence-electron chi connectivity index (χ2n) is 6.85. The summed E-state index contributed by atoms with van der Waals surface area (Å²) in [5.41, 5.74) is 0.778. The maximum atomic E-state index is 12.8. The largest absolute Gasteiger partial charge is 0.385 e. The first-order valence-corrected chi connectivity index (χ1v) is 10.7. The lowest BCUT2D eigenvalue weighted by atomic mass is 9.93. The second-order valence-corrected chi connectivity index (χ2v) is 8.75. The molecule has 0 saturated carbocycles. The lowest BCUT2D eigenvalue weighted by Gasteiger charge is -2.31. The summed E-state index contributed by atoms with van der Waals surface area (Å²) in [6.45, 7) is 4.16. The minimum Gasteiger partial charge on any atom is -0.385 e. The van der Waals surface area contributed by atoms with Crippen LogP contribution in [0.1, 0.15) is 37.7 Å². The highest BCUT2D eigenvalue weighted by Gasteiger charge is 2.30. The van der Waals surface area contributed by atoms with E-state index in [4.69, 9.17) is 4.74 Å². The molecule has 1 heterocycles. The lowest BCUT2D eigenvalue weighted by Crippen LogP contribution is -2.39. The fraction of sp³-hybridized carbons (Fsp3) is 0.632. The molecule has 146 valence electrons. The van der Waals surface area contributed by atoms with Crippen molar-refractivity contribution in [2.45, 2.75) is 43.9 Å². The highest BCUT2D eigenvalue weighted by atomic mass is 32.2. The Labute approximate surface area is 157 Å². The van der Waals surface area contributed by atoms with E-state index in [0.717, 1.165) is 31.2 Å². The van der Waals surface area contributed by atoms with Crippen LogP contribution in [0.2, 0.25) is 0 Å². The smallest absolute Gasteiger partial charge is 0.243 e. The first-order chi connectivity index (χ1) is 12.4. The summed E-state index contributed by atoms with van der Waals surface area (Å²) >= 11 is 0. The van der Waals surface area contributed by atoms with Crippen LogP contribution >= 0.6 is 0 Å². The number of sulfonamides is 1. The van der Waals surface area contributed by atoms with E-state index in [-0.39, 0.29) is 5.91 Å². The van der Waals surface area contributed by atoms with Crippen LogP contribution in [0.15, 0.2) is 29.2 Å². The van der Waals surface area contributed by atoms with Crippen LogP contribution in [-0.2, 0) is 19.6 Å². The molecule has 0 spiro atoms. The zero-order chi connectivity index (χ0) is 19.0. The molecular weight excluding hydrogens is 352 g/mol. The molecule has 1 amide bonds. The molecule has 0 aromatic heterocycles. The van der Waals surface area contributed by atoms with E-state index >= 15 is 0 Å². The first kappa shape index (κ1) is 20.9. The molecule has 1 N–H and O–H groups in total. The van der Waals surface area contributed by atoms with Gasteiger partial charge in [-0.2, -0.15) is 4.31 Å². The summed E-state index contributed by atoms with van der Waals surface area (Å²) in [5.74, 6) is 0.471. The number of benzene rings is 1. The molecule has 0 atom stereocenters. The SMILES string of the molecule is COCCCNC(=O)CCC1CCN(S(=O)(=O)c2ccccc2C)CC1. The molecule has 6 nitrogen and oxygen atoms in total. The van der Waals surface area contributed by atoms with Gasteiger partial charge in [0.25, 0.3) is 0 Å². The Hall–Kier alpha value is -1.44. The topological polar surface area (TPSA) is 75.7 Å². The van der Waals surface area contributed by atoms with Gasteiger partial charge in [-0.15, -0.1) is 0 Å². The van der Waals surface area contributed by atoms with Crippen molar-refractivity contribution >= 4 is 15.9 Å². The van der Waals surface area contributed by atoms with Gasteiger partial charge in [-0.05, 0) is 50.2 Å². The van der Waals surface area contributed by atoms with E-state index in [1.54, 1.807) is 23.5 Å². The zero-order valence-corrected chi connectivity index (χ0v) is 16.6. The van der Waals surface area contributed by atoms with Crippen molar-refractivity contribution in [3.63, 3.8) is 0 Å². The van der Waals surface area contributed by atoms with Gasteiger partial charge < -0.3 is 10.1 Å². The number of carbonyl (C=O) groups excluding carboxylic acids is 1. The number of nitrogens with one attached hydrogen (secondary N) is 1. The van der Waals surface area contributed by atoms with E-state index in [1.165, 1.54) is 0 Å². The number of rotatable bonds is 9. The fourth-order valence-electron chi connectivity index (χ4n) is 3.29. The molecule has 7 heteroatoms. The van der Waals surface area contributed by atoms with Gasteiger partial charge in [0.05, 0.1) is 4.90 Å². The number of piperidine rings is 1. The van der Waals surface area contributed by atoms with Crippen molar-refractivity contribution < 1.29 is 17.9 Å². The van der Waals surface area contributed by atoms with E-state index in [9.17, 15) is 13.2 Å². The van der Waals surface area contributed by atoms with Crippen LogP contribution in [0.25, 0.3) is 0 Å². The van der Waals surface area contributed by atoms with E-state index in [1.807, 2.05) is 19.1 Å². The summed E-state index contributed by atoms with van der Waals surface area (Å²) in [7, 11) is -1.78. The van der Waals surface area contributed by atoms with E-state index in [2.05, 4.69) is 5.32 Å². The van der Waals surface area contributed by atoms with Crippen molar-refractivity contribution in [3.05, 3.63) is 29.8 Å². The molecule has 1 saturated heterocycles. The fourth-order valence-corrected chi connectivity index (χ4v) is 4.99. The third kappa shape index (κ3) is 5.79. The maximum Gasteiger partial charge on any atom is 0.243 e. The lowest BCUT2D eigenvalue weighted by molar-refractivity contribution is -0.121. The van der Waals surface area contributed by atoms with Gasteiger partial charge in [-0.3, -0.25) is 4.79 Å². The Balaban J connectivity index is 1.77. The Kier molecular flexibility index (Phi) is 8.06. The van der Waals surface area contributed by atoms with Gasteiger partial charge in [0, 0.05) is 39.8 Å². The summed E-state index contributed by atoms with van der Waals surface area (Å²) in [4.78, 5) is 12.2. The number of aryl methyl sites for hydroxylation is 1. The molecule has 0 bridgehead atoms. The number of ether oxygens (including phenoxy) is 1. The second kappa shape index (κ2) is 10.0. The van der Waals surface area contributed by atoms with Crippen LogP contribution in [0.3, 0.4) is 0 Å². The maximum absolute atomic E-state index is 12.8. The highest BCUT2D eigenvalue weighted by Crippen LogP contribution is 2.27. The van der Waals surface area contributed by atoms with Gasteiger partial charge in [0.2, 0.25) is 15.9 Å². The van der Waals surface area contributed by atoms with Gasteiger partial charge in [-0.25, -0.2) is 8.42 Å². The van der Waals surface area contributed by atoms with Gasteiger partial charge in [0.15, 0.2) is 0 Å². The molecule has 1 fully saturated rings. The van der Waals surface area contributed by atoms with Crippen LogP contribution in [0.4, 0.5) is 0 Å². The third-order valence-corrected chi connectivity index (χ3v) is 6.97. The van der Waals surface area contributed by atoms with E-state index in [0.29, 0.717) is 43.5 Å². The molecular formula is C19H30N2O4S. The Bertz CT molecular complexity index is 683. The average molecular weight is 383 g/mol. The summed E-state index contributed by atoms with van der Waals surface area (Å²) in [6, 6.07) is 7.11. The molecule has 26 heavy (non-hydrogen) atoms. The Morgan fingerprint density at radius 1 is 1.27 bits per heavy atom. The van der Waals surface area contributed by atoms with Crippen molar-refractivity contribution in [1.29, 1.82) is 0 Å². The van der Waals surface area contributed by atoms with Crippen LogP contribution in [0, 0.1) is 12.8 Å². The quantitative estimate of drug-likeness (QED) is 0.665. The molecule has 1 aromatic carbocycles. The van der Waals surface area contributed by atoms with Gasteiger partial charge in [-0.1, -0.05) is 18.2 Å². The molecule has 2 rings (SSSR count). The highest BCUT2D eigenvalue weighted by molar-refractivity contribution is 7.89. The number of carbonyl (C=O) groups is 1. The molecule has 0 aliphatic carbocycles. The molecule has 1 aliphatic rings.